The molecule has 5 rings (SSSR count). The Morgan fingerprint density at radius 1 is 1.07 bits per heavy atom. The molecular formula is C22H19N3O3. The van der Waals surface area contributed by atoms with Crippen LogP contribution in [-0.2, 0) is 0 Å². The molecule has 28 heavy (non-hydrogen) atoms. The van der Waals surface area contributed by atoms with E-state index >= 15 is 0 Å². The average molecular weight is 373 g/mol. The zero-order chi connectivity index (χ0) is 19.1. The number of hydrazone groups is 1. The van der Waals surface area contributed by atoms with E-state index in [0.29, 0.717) is 12.2 Å². The second kappa shape index (κ2) is 6.56. The molecule has 0 bridgehead atoms. The minimum Gasteiger partial charge on any atom is -0.507 e. The lowest BCUT2D eigenvalue weighted by molar-refractivity contribution is -0.0236. The number of rotatable bonds is 3. The second-order valence-corrected chi connectivity index (χ2v) is 6.77. The fourth-order valence-electron chi connectivity index (χ4n) is 3.84. The number of hydrogen-bond donors (Lipinski definition) is 1. The molecule has 1 N–H and O–H groups in total. The molecule has 0 saturated carbocycles. The van der Waals surface area contributed by atoms with Crippen molar-refractivity contribution < 1.29 is 14.6 Å². The molecule has 0 aliphatic carbocycles. The van der Waals surface area contributed by atoms with Gasteiger partial charge in [-0.3, -0.25) is 4.98 Å². The van der Waals surface area contributed by atoms with E-state index in [1.807, 2.05) is 59.6 Å². The normalized spacial score (nSPS) is 20.0. The Bertz CT molecular complexity index is 1050. The maximum absolute atomic E-state index is 10.3. The third-order valence-electron chi connectivity index (χ3n) is 5.16. The molecule has 2 aliphatic rings. The van der Waals surface area contributed by atoms with E-state index in [-0.39, 0.29) is 11.8 Å². The van der Waals surface area contributed by atoms with Gasteiger partial charge in [0.25, 0.3) is 0 Å². The molecule has 1 aromatic heterocycles. The standard InChI is InChI=1S/C22H19N3O3/c1-27-20-11-6-8-15-18-13-17(14-7-2-3-10-19(14)26)24-25(18)22(28-21(15)20)16-9-4-5-12-23-16/h2-12,18,22,26H,13H2,1H3/t18-,22-/m1/s1. The summed E-state index contributed by atoms with van der Waals surface area (Å²) in [7, 11) is 1.64. The van der Waals surface area contributed by atoms with Gasteiger partial charge < -0.3 is 14.6 Å². The first-order chi connectivity index (χ1) is 13.8. The van der Waals surface area contributed by atoms with Gasteiger partial charge in [0.2, 0.25) is 6.23 Å². The largest absolute Gasteiger partial charge is 0.507 e. The minimum atomic E-state index is -0.474. The molecule has 0 unspecified atom stereocenters. The van der Waals surface area contributed by atoms with Gasteiger partial charge in [0.15, 0.2) is 11.5 Å². The third-order valence-corrected chi connectivity index (χ3v) is 5.16. The first-order valence-corrected chi connectivity index (χ1v) is 9.15. The number of pyridine rings is 1. The Balaban J connectivity index is 1.64. The Hall–Kier alpha value is -3.54. The van der Waals surface area contributed by atoms with Crippen molar-refractivity contribution >= 4 is 5.71 Å². The van der Waals surface area contributed by atoms with Crippen LogP contribution in [0.3, 0.4) is 0 Å². The van der Waals surface area contributed by atoms with E-state index in [1.165, 1.54) is 0 Å². The molecule has 3 heterocycles. The van der Waals surface area contributed by atoms with Gasteiger partial charge in [-0.1, -0.05) is 30.3 Å². The molecule has 2 atom stereocenters. The van der Waals surface area contributed by atoms with Crippen molar-refractivity contribution in [2.24, 2.45) is 5.10 Å². The molecule has 0 fully saturated rings. The zero-order valence-electron chi connectivity index (χ0n) is 15.3. The molecular weight excluding hydrogens is 354 g/mol. The monoisotopic (exact) mass is 373 g/mol. The number of phenolic OH excluding ortho intramolecular Hbond substituents is 1. The van der Waals surface area contributed by atoms with Crippen LogP contribution in [0.15, 0.2) is 72.0 Å². The summed E-state index contributed by atoms with van der Waals surface area (Å²) >= 11 is 0. The van der Waals surface area contributed by atoms with E-state index in [0.717, 1.165) is 28.3 Å². The molecule has 0 radical (unpaired) electrons. The zero-order valence-corrected chi connectivity index (χ0v) is 15.3. The van der Waals surface area contributed by atoms with Gasteiger partial charge in [0.05, 0.1) is 18.9 Å². The van der Waals surface area contributed by atoms with Crippen molar-refractivity contribution in [2.75, 3.05) is 7.11 Å². The van der Waals surface area contributed by atoms with E-state index in [9.17, 15) is 5.11 Å². The highest BCUT2D eigenvalue weighted by Gasteiger charge is 2.42. The van der Waals surface area contributed by atoms with Gasteiger partial charge in [-0.15, -0.1) is 0 Å². The number of benzene rings is 2. The lowest BCUT2D eigenvalue weighted by Gasteiger charge is -2.38. The summed E-state index contributed by atoms with van der Waals surface area (Å²) in [6, 6.07) is 18.9. The van der Waals surface area contributed by atoms with Crippen molar-refractivity contribution in [3.05, 3.63) is 83.7 Å². The van der Waals surface area contributed by atoms with Gasteiger partial charge in [-0.25, -0.2) is 5.01 Å². The Labute approximate surface area is 162 Å². The highest BCUT2D eigenvalue weighted by atomic mass is 16.5. The summed E-state index contributed by atoms with van der Waals surface area (Å²) in [6.45, 7) is 0. The summed E-state index contributed by atoms with van der Waals surface area (Å²) in [4.78, 5) is 4.48. The van der Waals surface area contributed by atoms with E-state index in [1.54, 1.807) is 19.4 Å². The molecule has 2 aliphatic heterocycles. The van der Waals surface area contributed by atoms with Gasteiger partial charge in [0.1, 0.15) is 11.4 Å². The average Bonchev–Trinajstić information content (AvgIpc) is 3.19. The van der Waals surface area contributed by atoms with Gasteiger partial charge in [-0.05, 0) is 30.3 Å². The van der Waals surface area contributed by atoms with Crippen LogP contribution in [0.2, 0.25) is 0 Å². The van der Waals surface area contributed by atoms with E-state index < -0.39 is 6.23 Å². The SMILES string of the molecule is COc1cccc2c1O[C@H](c1ccccn1)N1N=C(c3ccccc3O)C[C@H]21. The summed E-state index contributed by atoms with van der Waals surface area (Å²) in [6.07, 6.45) is 1.93. The van der Waals surface area contributed by atoms with Crippen molar-refractivity contribution in [3.63, 3.8) is 0 Å². The highest BCUT2D eigenvalue weighted by molar-refractivity contribution is 6.04. The minimum absolute atomic E-state index is 0.0273. The van der Waals surface area contributed by atoms with Crippen molar-refractivity contribution in [1.29, 1.82) is 0 Å². The molecule has 0 saturated heterocycles. The molecule has 6 heteroatoms. The lowest BCUT2D eigenvalue weighted by atomic mass is 9.95. The Kier molecular flexibility index (Phi) is 3.90. The molecule has 0 amide bonds. The predicted octanol–water partition coefficient (Wildman–Crippen LogP) is 4.04. The summed E-state index contributed by atoms with van der Waals surface area (Å²) in [5.74, 6) is 1.63. The lowest BCUT2D eigenvalue weighted by Crippen LogP contribution is -2.34. The summed E-state index contributed by atoms with van der Waals surface area (Å²) < 4.78 is 11.9. The third kappa shape index (κ3) is 2.57. The first-order valence-electron chi connectivity index (χ1n) is 9.15. The van der Waals surface area contributed by atoms with Crippen molar-refractivity contribution in [1.82, 2.24) is 9.99 Å². The molecule has 3 aromatic rings. The molecule has 6 nitrogen and oxygen atoms in total. The number of aromatic hydroxyl groups is 1. The number of aromatic nitrogens is 1. The van der Waals surface area contributed by atoms with Crippen LogP contribution in [-0.4, -0.2) is 27.9 Å². The Morgan fingerprint density at radius 3 is 2.71 bits per heavy atom. The predicted molar refractivity (Wildman–Crippen MR) is 104 cm³/mol. The van der Waals surface area contributed by atoms with Crippen LogP contribution in [0.25, 0.3) is 0 Å². The topological polar surface area (TPSA) is 67.2 Å². The summed E-state index contributed by atoms with van der Waals surface area (Å²) in [5.41, 5.74) is 3.34. The van der Waals surface area contributed by atoms with Crippen molar-refractivity contribution in [3.8, 4) is 17.2 Å². The number of nitrogens with zero attached hydrogens (tertiary/aromatic N) is 3. The fourth-order valence-corrected chi connectivity index (χ4v) is 3.84. The quantitative estimate of drug-likeness (QED) is 0.751. The van der Waals surface area contributed by atoms with Crippen LogP contribution in [0.4, 0.5) is 0 Å². The van der Waals surface area contributed by atoms with Crippen LogP contribution < -0.4 is 9.47 Å². The van der Waals surface area contributed by atoms with Gasteiger partial charge >= 0.3 is 0 Å². The fraction of sp³-hybridized carbons (Fsp3) is 0.182. The van der Waals surface area contributed by atoms with Crippen LogP contribution in [0.1, 0.15) is 35.5 Å². The van der Waals surface area contributed by atoms with Crippen molar-refractivity contribution in [2.45, 2.75) is 18.7 Å². The molecule has 140 valence electrons. The maximum atomic E-state index is 10.3. The summed E-state index contributed by atoms with van der Waals surface area (Å²) in [5, 5.41) is 17.1. The van der Waals surface area contributed by atoms with E-state index in [2.05, 4.69) is 4.98 Å². The number of ether oxygens (including phenoxy) is 2. The number of methoxy groups -OCH3 is 1. The highest BCUT2D eigenvalue weighted by Crippen LogP contribution is 2.50. The van der Waals surface area contributed by atoms with Crippen LogP contribution >= 0.6 is 0 Å². The Morgan fingerprint density at radius 2 is 1.93 bits per heavy atom. The number of para-hydroxylation sites is 2. The smallest absolute Gasteiger partial charge is 0.230 e. The van der Waals surface area contributed by atoms with Gasteiger partial charge in [-0.2, -0.15) is 5.10 Å². The van der Waals surface area contributed by atoms with Crippen LogP contribution in [0, 0.1) is 0 Å². The van der Waals surface area contributed by atoms with E-state index in [4.69, 9.17) is 14.6 Å². The van der Waals surface area contributed by atoms with Crippen LogP contribution in [0.5, 0.6) is 17.2 Å². The molecule has 2 aromatic carbocycles. The van der Waals surface area contributed by atoms with Gasteiger partial charge in [0, 0.05) is 23.7 Å². The second-order valence-electron chi connectivity index (χ2n) is 6.77. The number of hydrogen-bond acceptors (Lipinski definition) is 6. The first kappa shape index (κ1) is 16.6. The number of fused-ring (bicyclic) bond motifs is 3. The number of phenols is 1. The molecule has 0 spiro atoms. The maximum Gasteiger partial charge on any atom is 0.230 e.